The molecule has 0 amide bonds. The van der Waals surface area contributed by atoms with Gasteiger partial charge in [-0.15, -0.1) is 0 Å². The standard InChI is InChI=1S/C15H17NO5/c1-18-11-4-5-12(13(8-11)19-2)16-9-10-6-7-21-14(10)15(17)20-3/h4-8,16H,9H2,1-3H3. The van der Waals surface area contributed by atoms with Crippen molar-refractivity contribution in [1.29, 1.82) is 0 Å². The van der Waals surface area contributed by atoms with Crippen molar-refractivity contribution in [3.63, 3.8) is 0 Å². The highest BCUT2D eigenvalue weighted by atomic mass is 16.5. The molecule has 0 atom stereocenters. The van der Waals surface area contributed by atoms with Crippen molar-refractivity contribution in [3.05, 3.63) is 41.9 Å². The summed E-state index contributed by atoms with van der Waals surface area (Å²) in [4.78, 5) is 11.5. The lowest BCUT2D eigenvalue weighted by atomic mass is 10.2. The van der Waals surface area contributed by atoms with Crippen molar-refractivity contribution in [2.75, 3.05) is 26.6 Å². The molecule has 1 aromatic heterocycles. The van der Waals surface area contributed by atoms with Crippen molar-refractivity contribution in [2.45, 2.75) is 6.54 Å². The lowest BCUT2D eigenvalue weighted by Crippen LogP contribution is -2.07. The van der Waals surface area contributed by atoms with Crippen LogP contribution in [0, 0.1) is 0 Å². The molecule has 1 aromatic carbocycles. The summed E-state index contributed by atoms with van der Waals surface area (Å²) in [6.45, 7) is 0.406. The fourth-order valence-corrected chi connectivity index (χ4v) is 1.88. The third-order valence-electron chi connectivity index (χ3n) is 3.00. The maximum absolute atomic E-state index is 11.5. The molecule has 1 N–H and O–H groups in total. The van der Waals surface area contributed by atoms with E-state index in [1.54, 1.807) is 26.4 Å². The average molecular weight is 291 g/mol. The number of nitrogens with one attached hydrogen (secondary N) is 1. The molecule has 0 saturated heterocycles. The van der Waals surface area contributed by atoms with E-state index in [2.05, 4.69) is 10.1 Å². The molecule has 1 heterocycles. The van der Waals surface area contributed by atoms with Crippen LogP contribution in [0.3, 0.4) is 0 Å². The minimum Gasteiger partial charge on any atom is -0.497 e. The Hall–Kier alpha value is -2.63. The van der Waals surface area contributed by atoms with Crippen LogP contribution in [0.25, 0.3) is 0 Å². The van der Waals surface area contributed by atoms with Crippen LogP contribution in [0.4, 0.5) is 5.69 Å². The Kier molecular flexibility index (Phi) is 4.71. The summed E-state index contributed by atoms with van der Waals surface area (Å²) in [5, 5.41) is 3.19. The molecule has 0 aliphatic carbocycles. The van der Waals surface area contributed by atoms with Gasteiger partial charge in [0.1, 0.15) is 11.5 Å². The Labute approximate surface area is 122 Å². The van der Waals surface area contributed by atoms with Gasteiger partial charge in [-0.25, -0.2) is 4.79 Å². The first kappa shape index (κ1) is 14.8. The van der Waals surface area contributed by atoms with Crippen LogP contribution < -0.4 is 14.8 Å². The third-order valence-corrected chi connectivity index (χ3v) is 3.00. The van der Waals surface area contributed by atoms with Crippen LogP contribution in [0.15, 0.2) is 34.9 Å². The molecule has 0 radical (unpaired) electrons. The Bertz CT molecular complexity index is 620. The molecule has 0 fully saturated rings. The van der Waals surface area contributed by atoms with Gasteiger partial charge < -0.3 is 23.9 Å². The van der Waals surface area contributed by atoms with Crippen LogP contribution in [0.2, 0.25) is 0 Å². The van der Waals surface area contributed by atoms with E-state index in [9.17, 15) is 4.79 Å². The summed E-state index contributed by atoms with van der Waals surface area (Å²) < 4.78 is 20.2. The van der Waals surface area contributed by atoms with Crippen molar-refractivity contribution >= 4 is 11.7 Å². The number of esters is 1. The second-order valence-electron chi connectivity index (χ2n) is 4.19. The number of hydrogen-bond acceptors (Lipinski definition) is 6. The van der Waals surface area contributed by atoms with Gasteiger partial charge in [-0.05, 0) is 18.2 Å². The van der Waals surface area contributed by atoms with Crippen molar-refractivity contribution in [1.82, 2.24) is 0 Å². The number of furan rings is 1. The summed E-state index contributed by atoms with van der Waals surface area (Å²) >= 11 is 0. The predicted molar refractivity (Wildman–Crippen MR) is 76.9 cm³/mol. The Balaban J connectivity index is 2.13. The molecule has 0 saturated carbocycles. The molecule has 112 valence electrons. The van der Waals surface area contributed by atoms with Crippen LogP contribution in [0.1, 0.15) is 16.1 Å². The lowest BCUT2D eigenvalue weighted by molar-refractivity contribution is 0.0563. The Morgan fingerprint density at radius 3 is 2.67 bits per heavy atom. The summed E-state index contributed by atoms with van der Waals surface area (Å²) in [6, 6.07) is 7.16. The molecule has 21 heavy (non-hydrogen) atoms. The van der Waals surface area contributed by atoms with Gasteiger partial charge in [0.15, 0.2) is 0 Å². The Morgan fingerprint density at radius 1 is 1.19 bits per heavy atom. The summed E-state index contributed by atoms with van der Waals surface area (Å²) in [6.07, 6.45) is 1.45. The molecule has 0 unspecified atom stereocenters. The molecule has 6 heteroatoms. The highest BCUT2D eigenvalue weighted by Crippen LogP contribution is 2.29. The Morgan fingerprint density at radius 2 is 2.00 bits per heavy atom. The van der Waals surface area contributed by atoms with E-state index in [0.29, 0.717) is 23.6 Å². The van der Waals surface area contributed by atoms with Crippen molar-refractivity contribution in [2.24, 2.45) is 0 Å². The van der Waals surface area contributed by atoms with E-state index < -0.39 is 5.97 Å². The fourth-order valence-electron chi connectivity index (χ4n) is 1.88. The third kappa shape index (κ3) is 3.28. The van der Waals surface area contributed by atoms with Crippen LogP contribution in [-0.4, -0.2) is 27.3 Å². The van der Waals surface area contributed by atoms with Gasteiger partial charge in [0.05, 0.1) is 33.3 Å². The molecule has 0 aliphatic heterocycles. The van der Waals surface area contributed by atoms with Crippen LogP contribution in [0.5, 0.6) is 11.5 Å². The zero-order valence-electron chi connectivity index (χ0n) is 12.1. The number of benzene rings is 1. The molecule has 0 aliphatic rings. The summed E-state index contributed by atoms with van der Waals surface area (Å²) in [7, 11) is 4.49. The largest absolute Gasteiger partial charge is 0.497 e. The molecule has 6 nitrogen and oxygen atoms in total. The van der Waals surface area contributed by atoms with E-state index in [4.69, 9.17) is 13.9 Å². The highest BCUT2D eigenvalue weighted by molar-refractivity contribution is 5.87. The van der Waals surface area contributed by atoms with Gasteiger partial charge in [0, 0.05) is 18.2 Å². The van der Waals surface area contributed by atoms with E-state index in [1.165, 1.54) is 13.4 Å². The molecular formula is C15H17NO5. The van der Waals surface area contributed by atoms with Crippen molar-refractivity contribution in [3.8, 4) is 11.5 Å². The second kappa shape index (κ2) is 6.69. The van der Waals surface area contributed by atoms with Gasteiger partial charge in [-0.1, -0.05) is 0 Å². The van der Waals surface area contributed by atoms with Gasteiger partial charge in [0.2, 0.25) is 5.76 Å². The minimum atomic E-state index is -0.501. The maximum Gasteiger partial charge on any atom is 0.374 e. The van der Waals surface area contributed by atoms with Gasteiger partial charge in [-0.2, -0.15) is 0 Å². The summed E-state index contributed by atoms with van der Waals surface area (Å²) in [5.41, 5.74) is 1.50. The molecule has 0 bridgehead atoms. The first-order valence-corrected chi connectivity index (χ1v) is 6.30. The monoisotopic (exact) mass is 291 g/mol. The second-order valence-corrected chi connectivity index (χ2v) is 4.19. The van der Waals surface area contributed by atoms with E-state index in [0.717, 1.165) is 5.69 Å². The maximum atomic E-state index is 11.5. The average Bonchev–Trinajstić information content (AvgIpc) is 3.00. The quantitative estimate of drug-likeness (QED) is 0.825. The van der Waals surface area contributed by atoms with Crippen LogP contribution >= 0.6 is 0 Å². The zero-order valence-corrected chi connectivity index (χ0v) is 12.1. The molecular weight excluding hydrogens is 274 g/mol. The number of carbonyl (C=O) groups is 1. The first-order valence-electron chi connectivity index (χ1n) is 6.30. The number of anilines is 1. The number of methoxy groups -OCH3 is 3. The normalized spacial score (nSPS) is 10.0. The van der Waals surface area contributed by atoms with Gasteiger partial charge >= 0.3 is 5.97 Å². The van der Waals surface area contributed by atoms with Gasteiger partial charge in [0.25, 0.3) is 0 Å². The van der Waals surface area contributed by atoms with E-state index in [1.807, 2.05) is 12.1 Å². The van der Waals surface area contributed by atoms with E-state index in [-0.39, 0.29) is 5.76 Å². The first-order chi connectivity index (χ1) is 10.2. The molecule has 2 rings (SSSR count). The number of hydrogen-bond donors (Lipinski definition) is 1. The predicted octanol–water partition coefficient (Wildman–Crippen LogP) is 2.70. The molecule has 0 spiro atoms. The SMILES string of the molecule is COC(=O)c1occc1CNc1ccc(OC)cc1OC. The number of ether oxygens (including phenoxy) is 3. The smallest absolute Gasteiger partial charge is 0.374 e. The summed E-state index contributed by atoms with van der Waals surface area (Å²) in [5.74, 6) is 1.05. The lowest BCUT2D eigenvalue weighted by Gasteiger charge is -2.12. The van der Waals surface area contributed by atoms with Gasteiger partial charge in [-0.3, -0.25) is 0 Å². The number of rotatable bonds is 6. The highest BCUT2D eigenvalue weighted by Gasteiger charge is 2.16. The topological polar surface area (TPSA) is 69.9 Å². The molecule has 2 aromatic rings. The zero-order chi connectivity index (χ0) is 15.2. The number of carbonyl (C=O) groups excluding carboxylic acids is 1. The van der Waals surface area contributed by atoms with Crippen molar-refractivity contribution < 1.29 is 23.4 Å². The van der Waals surface area contributed by atoms with Crippen LogP contribution in [-0.2, 0) is 11.3 Å². The minimum absolute atomic E-state index is 0.192. The fraction of sp³-hybridized carbons (Fsp3) is 0.267. The van der Waals surface area contributed by atoms with E-state index >= 15 is 0 Å².